The van der Waals surface area contributed by atoms with Crippen LogP contribution in [-0.4, -0.2) is 34.2 Å². The van der Waals surface area contributed by atoms with Gasteiger partial charge in [-0.3, -0.25) is 29.9 Å². The highest BCUT2D eigenvalue weighted by atomic mass is 16.6. The number of nitrogens with zero attached hydrogens (tertiary/aromatic N) is 2. The van der Waals surface area contributed by atoms with Gasteiger partial charge in [-0.1, -0.05) is 6.07 Å². The number of non-ortho nitro benzene ring substituents is 1. The molecular weight excluding hydrogens is 274 g/mol. The van der Waals surface area contributed by atoms with Gasteiger partial charge in [-0.15, -0.1) is 0 Å². The second-order valence-corrected chi connectivity index (χ2v) is 5.40. The predicted molar refractivity (Wildman–Crippen MR) is 73.4 cm³/mol. The number of imide groups is 1. The summed E-state index contributed by atoms with van der Waals surface area (Å²) in [7, 11) is 0. The number of hydrogen-bond acceptors (Lipinski definition) is 5. The number of hydrogen-bond donors (Lipinski definition) is 1. The first-order valence-corrected chi connectivity index (χ1v) is 6.88. The Morgan fingerprint density at radius 1 is 1.24 bits per heavy atom. The molecule has 1 aromatic carbocycles. The van der Waals surface area contributed by atoms with Crippen molar-refractivity contribution in [2.75, 3.05) is 6.54 Å². The Bertz CT molecular complexity index is 629. The number of amides is 2. The van der Waals surface area contributed by atoms with Gasteiger partial charge in [-0.2, -0.15) is 0 Å². The third-order valence-corrected chi connectivity index (χ3v) is 4.09. The van der Waals surface area contributed by atoms with E-state index in [-0.39, 0.29) is 23.5 Å². The summed E-state index contributed by atoms with van der Waals surface area (Å²) in [5.41, 5.74) is 2.04. The first kappa shape index (κ1) is 13.7. The first-order valence-electron chi connectivity index (χ1n) is 6.88. The molecule has 0 saturated carbocycles. The van der Waals surface area contributed by atoms with E-state index in [1.54, 1.807) is 12.1 Å². The summed E-state index contributed by atoms with van der Waals surface area (Å²) in [5.74, 6) is -0.496. The van der Waals surface area contributed by atoms with Crippen LogP contribution in [0.2, 0.25) is 0 Å². The predicted octanol–water partition coefficient (Wildman–Crippen LogP) is 0.758. The molecule has 2 aliphatic heterocycles. The third-order valence-electron chi connectivity index (χ3n) is 4.09. The molecule has 1 fully saturated rings. The maximum absolute atomic E-state index is 11.9. The minimum absolute atomic E-state index is 0.0684. The Kier molecular flexibility index (Phi) is 3.42. The van der Waals surface area contributed by atoms with E-state index in [2.05, 4.69) is 5.32 Å². The van der Waals surface area contributed by atoms with E-state index < -0.39 is 4.92 Å². The molecule has 0 aromatic heterocycles. The Labute approximate surface area is 121 Å². The lowest BCUT2D eigenvalue weighted by atomic mass is 9.95. The topological polar surface area (TPSA) is 92.6 Å². The van der Waals surface area contributed by atoms with Crippen molar-refractivity contribution in [1.29, 1.82) is 0 Å². The molecule has 7 heteroatoms. The van der Waals surface area contributed by atoms with E-state index in [0.717, 1.165) is 24.1 Å². The van der Waals surface area contributed by atoms with E-state index in [1.165, 1.54) is 6.07 Å². The molecule has 2 amide bonds. The lowest BCUT2D eigenvalue weighted by Crippen LogP contribution is -2.53. The highest BCUT2D eigenvalue weighted by Crippen LogP contribution is 2.26. The highest BCUT2D eigenvalue weighted by Gasteiger charge is 2.33. The quantitative estimate of drug-likeness (QED) is 0.493. The smallest absolute Gasteiger partial charge is 0.269 e. The molecule has 110 valence electrons. The van der Waals surface area contributed by atoms with Gasteiger partial charge in [-0.05, 0) is 24.0 Å². The number of carbonyl (C=O) groups is 2. The van der Waals surface area contributed by atoms with Gasteiger partial charge in [0.1, 0.15) is 0 Å². The van der Waals surface area contributed by atoms with Crippen LogP contribution >= 0.6 is 0 Å². The van der Waals surface area contributed by atoms with Crippen LogP contribution < -0.4 is 5.32 Å². The van der Waals surface area contributed by atoms with Crippen molar-refractivity contribution in [3.05, 3.63) is 39.4 Å². The Morgan fingerprint density at radius 2 is 2.05 bits per heavy atom. The normalized spacial score (nSPS) is 22.6. The summed E-state index contributed by atoms with van der Waals surface area (Å²) >= 11 is 0. The van der Waals surface area contributed by atoms with Crippen molar-refractivity contribution >= 4 is 17.5 Å². The number of rotatable bonds is 2. The van der Waals surface area contributed by atoms with Crippen molar-refractivity contribution in [3.63, 3.8) is 0 Å². The number of nitro benzene ring substituents is 1. The van der Waals surface area contributed by atoms with Gasteiger partial charge in [0.2, 0.25) is 11.8 Å². The van der Waals surface area contributed by atoms with E-state index in [4.69, 9.17) is 0 Å². The molecular formula is C14H15N3O4. The van der Waals surface area contributed by atoms with Crippen molar-refractivity contribution in [2.24, 2.45) is 0 Å². The number of carbonyl (C=O) groups excluding carboxylic acids is 2. The molecule has 7 nitrogen and oxygen atoms in total. The molecule has 2 aliphatic rings. The van der Waals surface area contributed by atoms with Crippen LogP contribution in [0.3, 0.4) is 0 Å². The fourth-order valence-corrected chi connectivity index (χ4v) is 2.98. The van der Waals surface area contributed by atoms with E-state index in [1.807, 2.05) is 4.90 Å². The maximum Gasteiger partial charge on any atom is 0.269 e. The minimum atomic E-state index is -0.411. The van der Waals surface area contributed by atoms with Gasteiger partial charge in [0.05, 0.1) is 11.0 Å². The Hall–Kier alpha value is -2.28. The van der Waals surface area contributed by atoms with Crippen molar-refractivity contribution in [2.45, 2.75) is 31.8 Å². The van der Waals surface area contributed by atoms with Crippen LogP contribution in [-0.2, 0) is 22.6 Å². The number of nitrogens with one attached hydrogen (secondary N) is 1. The number of fused-ring (bicyclic) bond motifs is 1. The Balaban J connectivity index is 1.80. The minimum Gasteiger partial charge on any atom is -0.295 e. The number of nitro groups is 1. The summed E-state index contributed by atoms with van der Waals surface area (Å²) in [5, 5.41) is 13.2. The van der Waals surface area contributed by atoms with Gasteiger partial charge < -0.3 is 0 Å². The molecule has 3 rings (SSSR count). The van der Waals surface area contributed by atoms with Gasteiger partial charge in [0, 0.05) is 31.6 Å². The zero-order chi connectivity index (χ0) is 15.0. The van der Waals surface area contributed by atoms with Crippen LogP contribution in [0.5, 0.6) is 0 Å². The fraction of sp³-hybridized carbons (Fsp3) is 0.429. The van der Waals surface area contributed by atoms with Gasteiger partial charge >= 0.3 is 0 Å². The fourth-order valence-electron chi connectivity index (χ4n) is 2.98. The molecule has 0 bridgehead atoms. The molecule has 21 heavy (non-hydrogen) atoms. The molecule has 0 aliphatic carbocycles. The first-order chi connectivity index (χ1) is 10.0. The van der Waals surface area contributed by atoms with Gasteiger partial charge in [-0.25, -0.2) is 0 Å². The zero-order valence-corrected chi connectivity index (χ0v) is 11.4. The van der Waals surface area contributed by atoms with Crippen LogP contribution in [0.1, 0.15) is 24.0 Å². The highest BCUT2D eigenvalue weighted by molar-refractivity contribution is 6.00. The second kappa shape index (κ2) is 5.25. The summed E-state index contributed by atoms with van der Waals surface area (Å²) < 4.78 is 0. The molecule has 1 saturated heterocycles. The zero-order valence-electron chi connectivity index (χ0n) is 11.4. The van der Waals surface area contributed by atoms with Gasteiger partial charge in [0.25, 0.3) is 5.69 Å². The van der Waals surface area contributed by atoms with Gasteiger partial charge in [0.15, 0.2) is 0 Å². The molecule has 0 radical (unpaired) electrons. The third kappa shape index (κ3) is 2.64. The van der Waals surface area contributed by atoms with E-state index in [9.17, 15) is 19.7 Å². The molecule has 2 heterocycles. The maximum atomic E-state index is 11.9. The van der Waals surface area contributed by atoms with E-state index in [0.29, 0.717) is 19.4 Å². The SMILES string of the molecule is O=C1CCC(N2CCc3ccc([N+](=O)[O-])cc3C2)C(=O)N1. The molecule has 1 N–H and O–H groups in total. The number of piperidine rings is 1. The molecule has 1 unspecified atom stereocenters. The lowest BCUT2D eigenvalue weighted by molar-refractivity contribution is -0.385. The monoisotopic (exact) mass is 289 g/mol. The summed E-state index contributed by atoms with van der Waals surface area (Å²) in [6.45, 7) is 1.22. The van der Waals surface area contributed by atoms with Crippen molar-refractivity contribution < 1.29 is 14.5 Å². The van der Waals surface area contributed by atoms with Crippen molar-refractivity contribution in [3.8, 4) is 0 Å². The van der Waals surface area contributed by atoms with Crippen LogP contribution in [0.25, 0.3) is 0 Å². The average Bonchev–Trinajstić information content (AvgIpc) is 2.46. The van der Waals surface area contributed by atoms with Crippen LogP contribution in [0.4, 0.5) is 5.69 Å². The summed E-state index contributed by atoms with van der Waals surface area (Å²) in [4.78, 5) is 35.5. The number of benzene rings is 1. The van der Waals surface area contributed by atoms with Crippen molar-refractivity contribution in [1.82, 2.24) is 10.2 Å². The van der Waals surface area contributed by atoms with E-state index >= 15 is 0 Å². The summed E-state index contributed by atoms with van der Waals surface area (Å²) in [6.07, 6.45) is 1.61. The molecule has 1 aromatic rings. The van der Waals surface area contributed by atoms with Crippen LogP contribution in [0.15, 0.2) is 18.2 Å². The lowest BCUT2D eigenvalue weighted by Gasteiger charge is -2.36. The average molecular weight is 289 g/mol. The summed E-state index contributed by atoms with van der Waals surface area (Å²) in [6, 6.07) is 4.55. The molecule has 0 spiro atoms. The second-order valence-electron chi connectivity index (χ2n) is 5.40. The van der Waals surface area contributed by atoms with Crippen LogP contribution in [0, 0.1) is 10.1 Å². The Morgan fingerprint density at radius 3 is 2.76 bits per heavy atom. The standard InChI is InChI=1S/C14H15N3O4/c18-13-4-3-12(14(19)15-13)16-6-5-9-1-2-11(17(20)21)7-10(9)8-16/h1-2,7,12H,3-6,8H2,(H,15,18,19). The largest absolute Gasteiger partial charge is 0.295 e. The molecule has 1 atom stereocenters.